The van der Waals surface area contributed by atoms with Crippen molar-refractivity contribution in [2.24, 2.45) is 0 Å². The van der Waals surface area contributed by atoms with E-state index in [4.69, 9.17) is 11.6 Å². The Morgan fingerprint density at radius 2 is 1.52 bits per heavy atom. The minimum atomic E-state index is 0.847. The van der Waals surface area contributed by atoms with Gasteiger partial charge in [0.25, 0.3) is 0 Å². The summed E-state index contributed by atoms with van der Waals surface area (Å²) in [5.41, 5.74) is 3.74. The largest absolute Gasteiger partial charge is 0.235 e. The standard InChI is InChI=1S/C19H15ClN/c1-21(2)17-11-10-13-12-6-3-4-7-14(12)19(20)16-9-5-8-15(17)18(13)16/h3-11H,1-2H3/q+1. The molecule has 0 saturated heterocycles. The zero-order valence-electron chi connectivity index (χ0n) is 12.0. The van der Waals surface area contributed by atoms with Gasteiger partial charge >= 0.3 is 0 Å². The number of allylic oxidation sites excluding steroid dienone is 1. The van der Waals surface area contributed by atoms with Gasteiger partial charge in [-0.15, -0.1) is 0 Å². The third-order valence-electron chi connectivity index (χ3n) is 4.19. The minimum Gasteiger partial charge on any atom is -0.235 e. The Bertz CT molecular complexity index is 960. The number of halogens is 1. The molecule has 3 aromatic carbocycles. The normalized spacial score (nSPS) is 13.2. The van der Waals surface area contributed by atoms with Crippen molar-refractivity contribution in [3.8, 4) is 0 Å². The van der Waals surface area contributed by atoms with E-state index in [1.807, 2.05) is 6.07 Å². The van der Waals surface area contributed by atoms with Gasteiger partial charge in [0.15, 0.2) is 0 Å². The summed E-state index contributed by atoms with van der Waals surface area (Å²) in [4.78, 5) is 0. The van der Waals surface area contributed by atoms with E-state index in [1.165, 1.54) is 27.6 Å². The highest BCUT2D eigenvalue weighted by atomic mass is 35.5. The van der Waals surface area contributed by atoms with E-state index in [0.29, 0.717) is 0 Å². The fraction of sp³-hybridized carbons (Fsp3) is 0.105. The zero-order valence-corrected chi connectivity index (χ0v) is 12.8. The molecular formula is C19H15ClN+. The predicted molar refractivity (Wildman–Crippen MR) is 91.7 cm³/mol. The van der Waals surface area contributed by atoms with Gasteiger partial charge in [-0.3, -0.25) is 0 Å². The van der Waals surface area contributed by atoms with Gasteiger partial charge in [0, 0.05) is 22.2 Å². The molecule has 1 nitrogen and oxygen atoms in total. The molecule has 0 aliphatic heterocycles. The van der Waals surface area contributed by atoms with Crippen molar-refractivity contribution in [1.29, 1.82) is 0 Å². The van der Waals surface area contributed by atoms with Crippen molar-refractivity contribution >= 4 is 44.9 Å². The average molecular weight is 293 g/mol. The Labute approximate surface area is 128 Å². The SMILES string of the molecule is C[N+](C)=C1C=Cc2c3ccccc3c(Cl)c3cccc1c23. The molecule has 0 N–H and O–H groups in total. The van der Waals surface area contributed by atoms with Crippen molar-refractivity contribution in [1.82, 2.24) is 0 Å². The first-order valence-electron chi connectivity index (χ1n) is 7.04. The topological polar surface area (TPSA) is 3.01 Å². The second-order valence-electron chi connectivity index (χ2n) is 5.61. The lowest BCUT2D eigenvalue weighted by molar-refractivity contribution is -0.462. The molecule has 0 atom stereocenters. The van der Waals surface area contributed by atoms with Crippen molar-refractivity contribution < 1.29 is 4.58 Å². The van der Waals surface area contributed by atoms with Crippen molar-refractivity contribution in [3.63, 3.8) is 0 Å². The van der Waals surface area contributed by atoms with E-state index >= 15 is 0 Å². The highest BCUT2D eigenvalue weighted by Crippen LogP contribution is 2.40. The summed E-state index contributed by atoms with van der Waals surface area (Å²) < 4.78 is 2.15. The van der Waals surface area contributed by atoms with Gasteiger partial charge in [0.05, 0.1) is 10.6 Å². The maximum atomic E-state index is 6.68. The number of rotatable bonds is 0. The maximum absolute atomic E-state index is 6.68. The first-order chi connectivity index (χ1) is 10.2. The molecule has 0 unspecified atom stereocenters. The van der Waals surface area contributed by atoms with E-state index in [2.05, 4.69) is 67.2 Å². The lowest BCUT2D eigenvalue weighted by atomic mass is 9.88. The number of benzene rings is 3. The summed E-state index contributed by atoms with van der Waals surface area (Å²) >= 11 is 6.68. The molecule has 0 fully saturated rings. The smallest absolute Gasteiger partial charge is 0.207 e. The molecule has 0 bridgehead atoms. The number of hydrogen-bond acceptors (Lipinski definition) is 0. The van der Waals surface area contributed by atoms with E-state index in [1.54, 1.807) is 0 Å². The molecule has 4 rings (SSSR count). The van der Waals surface area contributed by atoms with E-state index in [9.17, 15) is 0 Å². The molecule has 1 aliphatic carbocycles. The molecule has 0 aromatic heterocycles. The fourth-order valence-electron chi connectivity index (χ4n) is 3.24. The minimum absolute atomic E-state index is 0.847. The van der Waals surface area contributed by atoms with Crippen LogP contribution in [0.25, 0.3) is 27.6 Å². The molecule has 2 heteroatoms. The van der Waals surface area contributed by atoms with Crippen LogP contribution in [0.4, 0.5) is 0 Å². The van der Waals surface area contributed by atoms with Crippen molar-refractivity contribution in [2.45, 2.75) is 0 Å². The fourth-order valence-corrected chi connectivity index (χ4v) is 3.57. The predicted octanol–water partition coefficient (Wildman–Crippen LogP) is 4.73. The Morgan fingerprint density at radius 3 is 2.29 bits per heavy atom. The van der Waals surface area contributed by atoms with Crippen LogP contribution in [-0.2, 0) is 0 Å². The van der Waals surface area contributed by atoms with Gasteiger partial charge in [-0.1, -0.05) is 48.0 Å². The quantitative estimate of drug-likeness (QED) is 0.416. The Balaban J connectivity index is 2.32. The van der Waals surface area contributed by atoms with Crippen LogP contribution in [0.15, 0.2) is 48.5 Å². The zero-order chi connectivity index (χ0) is 14.6. The van der Waals surface area contributed by atoms with Crippen LogP contribution in [-0.4, -0.2) is 24.4 Å². The Hall–Kier alpha value is -2.12. The second kappa shape index (κ2) is 4.44. The van der Waals surface area contributed by atoms with Crippen molar-refractivity contribution in [3.05, 3.63) is 64.7 Å². The molecule has 0 heterocycles. The first-order valence-corrected chi connectivity index (χ1v) is 7.42. The van der Waals surface area contributed by atoms with Gasteiger partial charge in [-0.25, -0.2) is 4.58 Å². The van der Waals surface area contributed by atoms with Crippen LogP contribution in [0.2, 0.25) is 5.02 Å². The Morgan fingerprint density at radius 1 is 0.810 bits per heavy atom. The summed E-state index contributed by atoms with van der Waals surface area (Å²) in [5, 5.41) is 5.58. The molecule has 102 valence electrons. The van der Waals surface area contributed by atoms with Crippen LogP contribution < -0.4 is 0 Å². The molecular weight excluding hydrogens is 278 g/mol. The summed E-state index contributed by atoms with van der Waals surface area (Å²) in [6, 6.07) is 14.7. The molecule has 1 aliphatic rings. The lowest BCUT2D eigenvalue weighted by Crippen LogP contribution is -2.15. The van der Waals surface area contributed by atoms with Gasteiger partial charge in [-0.2, -0.15) is 0 Å². The molecule has 0 saturated carbocycles. The first kappa shape index (κ1) is 12.6. The van der Waals surface area contributed by atoms with Crippen LogP contribution in [0.3, 0.4) is 0 Å². The van der Waals surface area contributed by atoms with Crippen LogP contribution in [0, 0.1) is 0 Å². The lowest BCUT2D eigenvalue weighted by Gasteiger charge is -2.17. The molecule has 0 amide bonds. The summed E-state index contributed by atoms with van der Waals surface area (Å²) in [7, 11) is 4.15. The number of hydrogen-bond donors (Lipinski definition) is 0. The van der Waals surface area contributed by atoms with Gasteiger partial charge < -0.3 is 0 Å². The third-order valence-corrected chi connectivity index (χ3v) is 4.60. The maximum Gasteiger partial charge on any atom is 0.207 e. The Kier molecular flexibility index (Phi) is 2.66. The van der Waals surface area contributed by atoms with E-state index in [-0.39, 0.29) is 0 Å². The van der Waals surface area contributed by atoms with Gasteiger partial charge in [0.2, 0.25) is 5.71 Å². The van der Waals surface area contributed by atoms with E-state index < -0.39 is 0 Å². The molecule has 3 aromatic rings. The van der Waals surface area contributed by atoms with E-state index in [0.717, 1.165) is 15.8 Å². The number of fused-ring (bicyclic) bond motifs is 2. The molecule has 0 spiro atoms. The van der Waals surface area contributed by atoms with Crippen molar-refractivity contribution in [2.75, 3.05) is 14.1 Å². The van der Waals surface area contributed by atoms with Crippen LogP contribution in [0.1, 0.15) is 11.1 Å². The summed E-state index contributed by atoms with van der Waals surface area (Å²) in [5.74, 6) is 0. The van der Waals surface area contributed by atoms with Crippen LogP contribution in [0.5, 0.6) is 0 Å². The van der Waals surface area contributed by atoms with Gasteiger partial charge in [-0.05, 0) is 23.1 Å². The number of nitrogens with zero attached hydrogens (tertiary/aromatic N) is 1. The average Bonchev–Trinajstić information content (AvgIpc) is 2.51. The highest BCUT2D eigenvalue weighted by molar-refractivity contribution is 6.42. The van der Waals surface area contributed by atoms with Crippen LogP contribution >= 0.6 is 11.6 Å². The highest BCUT2D eigenvalue weighted by Gasteiger charge is 2.21. The second-order valence-corrected chi connectivity index (χ2v) is 5.99. The third kappa shape index (κ3) is 1.68. The van der Waals surface area contributed by atoms with Gasteiger partial charge in [0.1, 0.15) is 14.1 Å². The summed E-state index contributed by atoms with van der Waals surface area (Å²) in [6.45, 7) is 0. The molecule has 0 radical (unpaired) electrons. The monoisotopic (exact) mass is 292 g/mol. The summed E-state index contributed by atoms with van der Waals surface area (Å²) in [6.07, 6.45) is 4.40. The molecule has 21 heavy (non-hydrogen) atoms.